The summed E-state index contributed by atoms with van der Waals surface area (Å²) in [5.41, 5.74) is 3.94. The first kappa shape index (κ1) is 21.8. The number of benzene rings is 2. The molecule has 5 atom stereocenters. The molecule has 6 nitrogen and oxygen atoms in total. The van der Waals surface area contributed by atoms with Crippen molar-refractivity contribution in [3.8, 4) is 0 Å². The molecule has 2 N–H and O–H groups in total. The quantitative estimate of drug-likeness (QED) is 0.580. The highest BCUT2D eigenvalue weighted by Crippen LogP contribution is 2.50. The number of carbonyl (C=O) groups is 1. The molecule has 0 bridgehead atoms. The monoisotopic (exact) mass is 463 g/mol. The number of nitrogens with one attached hydrogen (secondary N) is 1. The smallest absolute Gasteiger partial charge is 0.323 e. The number of methoxy groups -OCH3 is 1. The van der Waals surface area contributed by atoms with Gasteiger partial charge in [-0.3, -0.25) is 14.6 Å². The van der Waals surface area contributed by atoms with Crippen molar-refractivity contribution in [2.45, 2.75) is 56.0 Å². The van der Waals surface area contributed by atoms with E-state index in [1.54, 1.807) is 6.07 Å². The van der Waals surface area contributed by atoms with Gasteiger partial charge in [-0.15, -0.1) is 0 Å². The van der Waals surface area contributed by atoms with Crippen molar-refractivity contribution in [1.82, 2.24) is 14.8 Å². The highest BCUT2D eigenvalue weighted by molar-refractivity contribution is 5.87. The molecule has 0 unspecified atom stereocenters. The van der Waals surface area contributed by atoms with E-state index < -0.39 is 6.04 Å². The topological polar surface area (TPSA) is 68.8 Å². The number of H-pyrrole nitrogens is 1. The van der Waals surface area contributed by atoms with Gasteiger partial charge in [0.2, 0.25) is 0 Å². The molecular formula is C27H30FN3O3. The predicted octanol–water partition coefficient (Wildman–Crippen LogP) is 3.72. The molecule has 0 amide bonds. The summed E-state index contributed by atoms with van der Waals surface area (Å²) in [6, 6.07) is 14.4. The molecule has 2 saturated heterocycles. The zero-order valence-corrected chi connectivity index (χ0v) is 19.3. The van der Waals surface area contributed by atoms with E-state index in [-0.39, 0.29) is 36.0 Å². The summed E-state index contributed by atoms with van der Waals surface area (Å²) >= 11 is 0. The van der Waals surface area contributed by atoms with Gasteiger partial charge in [0.05, 0.1) is 19.3 Å². The molecule has 0 spiro atoms. The van der Waals surface area contributed by atoms with Crippen LogP contribution in [0.1, 0.15) is 48.2 Å². The molecule has 6 rings (SSSR count). The van der Waals surface area contributed by atoms with Crippen LogP contribution in [-0.4, -0.2) is 64.2 Å². The molecule has 2 aromatic carbocycles. The molecule has 4 heterocycles. The van der Waals surface area contributed by atoms with E-state index in [2.05, 4.69) is 26.9 Å². The Morgan fingerprint density at radius 2 is 1.88 bits per heavy atom. The summed E-state index contributed by atoms with van der Waals surface area (Å²) in [7, 11) is 1.43. The van der Waals surface area contributed by atoms with Gasteiger partial charge in [0, 0.05) is 53.8 Å². The van der Waals surface area contributed by atoms with E-state index in [0.717, 1.165) is 41.5 Å². The summed E-state index contributed by atoms with van der Waals surface area (Å²) in [6.45, 7) is 1.48. The lowest BCUT2D eigenvalue weighted by Gasteiger charge is -2.52. The van der Waals surface area contributed by atoms with Crippen LogP contribution in [0.15, 0.2) is 48.5 Å². The van der Waals surface area contributed by atoms with E-state index in [1.165, 1.54) is 13.2 Å². The number of aliphatic hydroxyl groups is 1. The molecular weight excluding hydrogens is 433 g/mol. The number of halogens is 1. The van der Waals surface area contributed by atoms with Crippen molar-refractivity contribution in [3.63, 3.8) is 0 Å². The molecule has 34 heavy (non-hydrogen) atoms. The van der Waals surface area contributed by atoms with E-state index in [9.17, 15) is 9.90 Å². The van der Waals surface area contributed by atoms with Crippen LogP contribution < -0.4 is 0 Å². The Labute approximate surface area is 198 Å². The van der Waals surface area contributed by atoms with Gasteiger partial charge in [-0.1, -0.05) is 36.4 Å². The van der Waals surface area contributed by atoms with Crippen molar-refractivity contribution < 1.29 is 19.0 Å². The SMILES string of the molecule is COC(=O)[C@@H]1Cc2c([nH]c3ccccc23)[C@H]2C[C@@H](N3CC[C@@H](O)C3)C[C@@H](c3ccccc3F)N21. The van der Waals surface area contributed by atoms with Crippen LogP contribution in [0.5, 0.6) is 0 Å². The Kier molecular flexibility index (Phi) is 5.43. The maximum atomic E-state index is 15.2. The van der Waals surface area contributed by atoms with Crippen molar-refractivity contribution in [1.29, 1.82) is 0 Å². The third-order valence-corrected chi connectivity index (χ3v) is 8.10. The molecule has 178 valence electrons. The first-order valence-electron chi connectivity index (χ1n) is 12.2. The minimum Gasteiger partial charge on any atom is -0.468 e. The third-order valence-electron chi connectivity index (χ3n) is 8.10. The second-order valence-electron chi connectivity index (χ2n) is 9.87. The minimum absolute atomic E-state index is 0.0821. The van der Waals surface area contributed by atoms with Crippen LogP contribution >= 0.6 is 0 Å². The van der Waals surface area contributed by atoms with Crippen molar-refractivity contribution in [3.05, 3.63) is 71.2 Å². The zero-order chi connectivity index (χ0) is 23.4. The van der Waals surface area contributed by atoms with E-state index in [4.69, 9.17) is 4.74 Å². The second kappa shape index (κ2) is 8.48. The molecule has 1 aromatic heterocycles. The van der Waals surface area contributed by atoms with Gasteiger partial charge in [-0.25, -0.2) is 4.39 Å². The summed E-state index contributed by atoms with van der Waals surface area (Å²) in [4.78, 5) is 21.3. The summed E-state index contributed by atoms with van der Waals surface area (Å²) in [5, 5.41) is 11.3. The highest BCUT2D eigenvalue weighted by atomic mass is 19.1. The largest absolute Gasteiger partial charge is 0.468 e. The van der Waals surface area contributed by atoms with Crippen LogP contribution in [0.2, 0.25) is 0 Å². The molecule has 0 radical (unpaired) electrons. The number of piperidine rings is 1. The number of hydrogen-bond acceptors (Lipinski definition) is 5. The molecule has 3 aliphatic heterocycles. The van der Waals surface area contributed by atoms with Gasteiger partial charge >= 0.3 is 5.97 Å². The van der Waals surface area contributed by atoms with Crippen LogP contribution in [0.25, 0.3) is 10.9 Å². The van der Waals surface area contributed by atoms with Gasteiger partial charge < -0.3 is 14.8 Å². The van der Waals surface area contributed by atoms with Crippen molar-refractivity contribution >= 4 is 16.9 Å². The van der Waals surface area contributed by atoms with E-state index in [0.29, 0.717) is 24.9 Å². The van der Waals surface area contributed by atoms with Gasteiger partial charge in [-0.2, -0.15) is 0 Å². The second-order valence-corrected chi connectivity index (χ2v) is 9.87. The number of fused-ring (bicyclic) bond motifs is 5. The first-order chi connectivity index (χ1) is 16.5. The lowest BCUT2D eigenvalue weighted by atomic mass is 9.79. The number of β-amino-alcohol motifs (C(OH)–C–C–N with tert-alkyl or cyclic N) is 1. The van der Waals surface area contributed by atoms with Crippen molar-refractivity contribution in [2.75, 3.05) is 20.2 Å². The molecule has 3 aromatic rings. The summed E-state index contributed by atoms with van der Waals surface area (Å²) in [6.07, 6.45) is 2.49. The Morgan fingerprint density at radius 3 is 2.65 bits per heavy atom. The maximum absolute atomic E-state index is 15.2. The number of esters is 1. The van der Waals surface area contributed by atoms with Crippen LogP contribution in [0.4, 0.5) is 4.39 Å². The Hall–Kier alpha value is -2.74. The Balaban J connectivity index is 1.51. The predicted molar refractivity (Wildman–Crippen MR) is 127 cm³/mol. The summed E-state index contributed by atoms with van der Waals surface area (Å²) < 4.78 is 20.4. The van der Waals surface area contributed by atoms with Crippen molar-refractivity contribution in [2.24, 2.45) is 0 Å². The normalized spacial score (nSPS) is 29.7. The number of ether oxygens (including phenoxy) is 1. The van der Waals surface area contributed by atoms with Crippen LogP contribution in [0.3, 0.4) is 0 Å². The van der Waals surface area contributed by atoms with Crippen LogP contribution in [0, 0.1) is 5.82 Å². The number of nitrogens with zero attached hydrogens (tertiary/aromatic N) is 2. The zero-order valence-electron chi connectivity index (χ0n) is 19.3. The summed E-state index contributed by atoms with van der Waals surface area (Å²) in [5.74, 6) is -0.531. The third kappa shape index (κ3) is 3.45. The fraction of sp³-hybridized carbons (Fsp3) is 0.444. The molecule has 0 aliphatic carbocycles. The Morgan fingerprint density at radius 1 is 1.12 bits per heavy atom. The maximum Gasteiger partial charge on any atom is 0.323 e. The molecule has 7 heteroatoms. The minimum atomic E-state index is -0.489. The molecule has 3 aliphatic rings. The lowest BCUT2D eigenvalue weighted by Crippen LogP contribution is -2.56. The van der Waals surface area contributed by atoms with E-state index in [1.807, 2.05) is 24.3 Å². The number of hydrogen-bond donors (Lipinski definition) is 2. The number of aromatic nitrogens is 1. The van der Waals surface area contributed by atoms with E-state index >= 15 is 4.39 Å². The van der Waals surface area contributed by atoms with Crippen LogP contribution in [-0.2, 0) is 16.0 Å². The number of aromatic amines is 1. The number of likely N-dealkylation sites (tertiary alicyclic amines) is 1. The number of rotatable bonds is 3. The van der Waals surface area contributed by atoms with Gasteiger partial charge in [0.25, 0.3) is 0 Å². The number of carbonyl (C=O) groups excluding carboxylic acids is 1. The number of aliphatic hydroxyl groups excluding tert-OH is 1. The fourth-order valence-corrected chi connectivity index (χ4v) is 6.57. The highest BCUT2D eigenvalue weighted by Gasteiger charge is 2.50. The number of para-hydroxylation sites is 1. The Bertz CT molecular complexity index is 1230. The molecule has 0 saturated carbocycles. The fourth-order valence-electron chi connectivity index (χ4n) is 6.57. The lowest BCUT2D eigenvalue weighted by molar-refractivity contribution is -0.152. The average molecular weight is 464 g/mol. The van der Waals surface area contributed by atoms with Gasteiger partial charge in [-0.05, 0) is 37.0 Å². The molecule has 2 fully saturated rings. The van der Waals surface area contributed by atoms with Gasteiger partial charge in [0.15, 0.2) is 0 Å². The standard InChI is InChI=1S/C27H30FN3O3/c1-34-27(33)25-14-20-18-6-3-5-9-22(18)29-26(20)24-13-16(30-11-10-17(32)15-30)12-23(31(24)25)19-7-2-4-8-21(19)28/h2-9,16-17,23-25,29,32H,10-15H2,1H3/t16-,17+,23-,24+,25-/m0/s1. The van der Waals surface area contributed by atoms with Gasteiger partial charge in [0.1, 0.15) is 11.9 Å². The average Bonchev–Trinajstić information content (AvgIpc) is 3.46. The first-order valence-corrected chi connectivity index (χ1v) is 12.2.